The molecule has 0 aromatic heterocycles. The number of halogens is 1. The lowest BCUT2D eigenvalue weighted by molar-refractivity contribution is 0.584. The summed E-state index contributed by atoms with van der Waals surface area (Å²) in [6.07, 6.45) is 4.85. The van der Waals surface area contributed by atoms with E-state index in [9.17, 15) is 8.42 Å². The van der Waals surface area contributed by atoms with E-state index in [1.54, 1.807) is 6.08 Å². The molecule has 0 amide bonds. The molecule has 4 nitrogen and oxygen atoms in total. The van der Waals surface area contributed by atoms with Crippen molar-refractivity contribution in [3.8, 4) is 0 Å². The molecule has 0 saturated heterocycles. The molecule has 0 saturated carbocycles. The average Bonchev–Trinajstić information content (AvgIpc) is 2.48. The minimum Gasteiger partial charge on any atom is -0.200 e. The van der Waals surface area contributed by atoms with Crippen LogP contribution in [0.15, 0.2) is 70.7 Å². The van der Waals surface area contributed by atoms with Crippen LogP contribution in [0.4, 0.5) is 0 Å². The zero-order valence-corrected chi connectivity index (χ0v) is 12.6. The van der Waals surface area contributed by atoms with Crippen LogP contribution in [0.2, 0.25) is 5.02 Å². The van der Waals surface area contributed by atoms with Gasteiger partial charge in [-0.25, -0.2) is 4.83 Å². The van der Waals surface area contributed by atoms with E-state index in [0.29, 0.717) is 5.02 Å². The molecule has 21 heavy (non-hydrogen) atoms. The quantitative estimate of drug-likeness (QED) is 0.678. The molecule has 0 radical (unpaired) electrons. The fraction of sp³-hybridized carbons (Fsp3) is 0. The third-order valence-electron chi connectivity index (χ3n) is 2.55. The van der Waals surface area contributed by atoms with Gasteiger partial charge in [0.1, 0.15) is 0 Å². The molecule has 0 aliphatic rings. The molecule has 0 fully saturated rings. The summed E-state index contributed by atoms with van der Waals surface area (Å²) in [6.45, 7) is 0. The Hall–Kier alpha value is -2.11. The van der Waals surface area contributed by atoms with Crippen LogP contribution < -0.4 is 4.83 Å². The van der Waals surface area contributed by atoms with Gasteiger partial charge in [0.15, 0.2) is 0 Å². The third kappa shape index (κ3) is 4.73. The molecule has 2 aromatic rings. The molecule has 0 aliphatic heterocycles. The highest BCUT2D eigenvalue weighted by Crippen LogP contribution is 2.13. The number of hydrogen-bond donors (Lipinski definition) is 1. The molecule has 1 N–H and O–H groups in total. The maximum atomic E-state index is 11.9. The summed E-state index contributed by atoms with van der Waals surface area (Å²) in [5.41, 5.74) is 1.00. The molecular formula is C15H13ClN2O2S. The smallest absolute Gasteiger partial charge is 0.200 e. The van der Waals surface area contributed by atoms with Crippen LogP contribution in [0, 0.1) is 0 Å². The van der Waals surface area contributed by atoms with Gasteiger partial charge < -0.3 is 0 Å². The van der Waals surface area contributed by atoms with Crippen LogP contribution in [0.1, 0.15) is 5.56 Å². The van der Waals surface area contributed by atoms with Gasteiger partial charge in [0, 0.05) is 11.2 Å². The number of sulfonamides is 1. The lowest BCUT2D eigenvalue weighted by Gasteiger charge is -2.02. The Kier molecular flexibility index (Phi) is 5.14. The molecule has 0 aliphatic carbocycles. The third-order valence-corrected chi connectivity index (χ3v) is 4.04. The molecule has 0 atom stereocenters. The predicted molar refractivity (Wildman–Crippen MR) is 85.7 cm³/mol. The maximum absolute atomic E-state index is 11.9. The van der Waals surface area contributed by atoms with Gasteiger partial charge in [0.25, 0.3) is 10.0 Å². The topological polar surface area (TPSA) is 58.5 Å². The summed E-state index contributed by atoms with van der Waals surface area (Å²) in [6, 6.07) is 15.5. The van der Waals surface area contributed by atoms with Gasteiger partial charge in [-0.05, 0) is 35.9 Å². The fourth-order valence-electron chi connectivity index (χ4n) is 1.53. The van der Waals surface area contributed by atoms with Gasteiger partial charge in [-0.1, -0.05) is 48.0 Å². The van der Waals surface area contributed by atoms with Gasteiger partial charge in [0.2, 0.25) is 0 Å². The number of hydrazone groups is 1. The molecule has 108 valence electrons. The molecule has 6 heteroatoms. The first-order valence-corrected chi connectivity index (χ1v) is 7.96. The molecule has 0 heterocycles. The monoisotopic (exact) mass is 320 g/mol. The SMILES string of the molecule is O=S(=O)(NN=C/C=C/c1ccccc1)c1ccc(Cl)cc1. The summed E-state index contributed by atoms with van der Waals surface area (Å²) >= 11 is 5.71. The van der Waals surface area contributed by atoms with E-state index in [2.05, 4.69) is 9.93 Å². The average molecular weight is 321 g/mol. The van der Waals surface area contributed by atoms with Crippen molar-refractivity contribution in [3.63, 3.8) is 0 Å². The van der Waals surface area contributed by atoms with Crippen molar-refractivity contribution in [1.82, 2.24) is 4.83 Å². The van der Waals surface area contributed by atoms with E-state index in [4.69, 9.17) is 11.6 Å². The number of nitrogens with one attached hydrogen (secondary N) is 1. The van der Waals surface area contributed by atoms with Gasteiger partial charge in [-0.15, -0.1) is 0 Å². The zero-order chi connectivity index (χ0) is 15.1. The first kappa shape index (κ1) is 15.3. The first-order valence-electron chi connectivity index (χ1n) is 6.10. The van der Waals surface area contributed by atoms with Crippen LogP contribution in [-0.4, -0.2) is 14.6 Å². The van der Waals surface area contributed by atoms with E-state index in [0.717, 1.165) is 5.56 Å². The Morgan fingerprint density at radius 3 is 2.33 bits per heavy atom. The Labute approximate surface area is 128 Å². The first-order chi connectivity index (χ1) is 10.1. The predicted octanol–water partition coefficient (Wildman–Crippen LogP) is 3.32. The van der Waals surface area contributed by atoms with Crippen molar-refractivity contribution >= 4 is 33.9 Å². The molecule has 0 bridgehead atoms. The largest absolute Gasteiger partial charge is 0.276 e. The zero-order valence-electron chi connectivity index (χ0n) is 11.0. The Morgan fingerprint density at radius 2 is 1.67 bits per heavy atom. The summed E-state index contributed by atoms with van der Waals surface area (Å²) < 4.78 is 23.8. The molecule has 0 spiro atoms. The van der Waals surface area contributed by atoms with Gasteiger partial charge in [-0.2, -0.15) is 13.5 Å². The number of rotatable bonds is 5. The van der Waals surface area contributed by atoms with Crippen LogP contribution in [0.3, 0.4) is 0 Å². The van der Waals surface area contributed by atoms with Gasteiger partial charge >= 0.3 is 0 Å². The Morgan fingerprint density at radius 1 is 1.00 bits per heavy atom. The van der Waals surface area contributed by atoms with Crippen molar-refractivity contribution in [1.29, 1.82) is 0 Å². The van der Waals surface area contributed by atoms with E-state index < -0.39 is 10.0 Å². The Bertz CT molecular complexity index is 739. The second-order valence-electron chi connectivity index (χ2n) is 4.10. The highest BCUT2D eigenvalue weighted by atomic mass is 35.5. The number of allylic oxidation sites excluding steroid dienone is 1. The normalized spacial score (nSPS) is 12.0. The van der Waals surface area contributed by atoms with Crippen molar-refractivity contribution in [2.45, 2.75) is 4.90 Å². The van der Waals surface area contributed by atoms with Crippen LogP contribution in [-0.2, 0) is 10.0 Å². The minimum absolute atomic E-state index is 0.107. The molecule has 2 rings (SSSR count). The lowest BCUT2D eigenvalue weighted by Crippen LogP contribution is -2.17. The number of benzene rings is 2. The van der Waals surface area contributed by atoms with E-state index in [1.165, 1.54) is 30.5 Å². The van der Waals surface area contributed by atoms with Crippen LogP contribution in [0.25, 0.3) is 6.08 Å². The number of nitrogens with zero attached hydrogens (tertiary/aromatic N) is 1. The maximum Gasteiger partial charge on any atom is 0.276 e. The standard InChI is InChI=1S/C15H13ClN2O2S/c16-14-8-10-15(11-9-14)21(19,20)18-17-12-4-7-13-5-2-1-3-6-13/h1-12,18H/b7-4+,17-12?. The second kappa shape index (κ2) is 7.06. The van der Waals surface area contributed by atoms with E-state index in [-0.39, 0.29) is 4.90 Å². The highest BCUT2D eigenvalue weighted by Gasteiger charge is 2.11. The minimum atomic E-state index is -3.66. The summed E-state index contributed by atoms with van der Waals surface area (Å²) in [5.74, 6) is 0. The van der Waals surface area contributed by atoms with Gasteiger partial charge in [0.05, 0.1) is 4.90 Å². The van der Waals surface area contributed by atoms with E-state index in [1.807, 2.05) is 36.4 Å². The number of hydrogen-bond acceptors (Lipinski definition) is 3. The van der Waals surface area contributed by atoms with Gasteiger partial charge in [-0.3, -0.25) is 0 Å². The second-order valence-corrected chi connectivity index (χ2v) is 6.19. The fourth-order valence-corrected chi connectivity index (χ4v) is 2.45. The van der Waals surface area contributed by atoms with Crippen molar-refractivity contribution in [2.75, 3.05) is 0 Å². The van der Waals surface area contributed by atoms with Crippen LogP contribution in [0.5, 0.6) is 0 Å². The van der Waals surface area contributed by atoms with Crippen molar-refractivity contribution < 1.29 is 8.42 Å². The molecule has 2 aromatic carbocycles. The highest BCUT2D eigenvalue weighted by molar-refractivity contribution is 7.89. The summed E-state index contributed by atoms with van der Waals surface area (Å²) in [5, 5.41) is 4.15. The summed E-state index contributed by atoms with van der Waals surface area (Å²) in [7, 11) is -3.66. The molecule has 0 unspecified atom stereocenters. The lowest BCUT2D eigenvalue weighted by atomic mass is 10.2. The van der Waals surface area contributed by atoms with E-state index >= 15 is 0 Å². The van der Waals surface area contributed by atoms with Crippen molar-refractivity contribution in [3.05, 3.63) is 71.3 Å². The Balaban J connectivity index is 1.97. The van der Waals surface area contributed by atoms with Crippen LogP contribution >= 0.6 is 11.6 Å². The summed E-state index contributed by atoms with van der Waals surface area (Å²) in [4.78, 5) is 2.24. The van der Waals surface area contributed by atoms with Crippen molar-refractivity contribution in [2.24, 2.45) is 5.10 Å². The molecular weight excluding hydrogens is 308 g/mol.